The molecule has 0 saturated heterocycles. The number of benzene rings is 1. The Balaban J connectivity index is 2.51. The van der Waals surface area contributed by atoms with E-state index in [1.54, 1.807) is 6.92 Å². The second kappa shape index (κ2) is 9.20. The Bertz CT molecular complexity index is 391. The maximum atomic E-state index is 11.7. The van der Waals surface area contributed by atoms with Crippen LogP contribution in [0.1, 0.15) is 20.8 Å². The van der Waals surface area contributed by atoms with E-state index in [4.69, 9.17) is 14.2 Å². The lowest BCUT2D eigenvalue weighted by molar-refractivity contribution is -0.146. The van der Waals surface area contributed by atoms with Crippen molar-refractivity contribution in [1.82, 2.24) is 5.32 Å². The molecule has 0 saturated carbocycles. The van der Waals surface area contributed by atoms with Gasteiger partial charge in [-0.3, -0.25) is 4.79 Å². The molecule has 1 aromatic carbocycles. The number of ether oxygens (including phenoxy) is 3. The molecule has 0 fully saturated rings. The Morgan fingerprint density at radius 1 is 1.05 bits per heavy atom. The quantitative estimate of drug-likeness (QED) is 0.702. The number of hydrogen-bond acceptors (Lipinski definition) is 5. The molecule has 0 aromatic heterocycles. The van der Waals surface area contributed by atoms with Gasteiger partial charge in [-0.15, -0.1) is 0 Å². The zero-order valence-electron chi connectivity index (χ0n) is 12.3. The molecule has 20 heavy (non-hydrogen) atoms. The van der Waals surface area contributed by atoms with Gasteiger partial charge < -0.3 is 19.5 Å². The fourth-order valence-electron chi connectivity index (χ4n) is 1.68. The van der Waals surface area contributed by atoms with Crippen molar-refractivity contribution in [3.05, 3.63) is 24.3 Å². The SMILES string of the molecule is CCNC(COc1ccc(OCC)cc1)C(=O)OCC. The highest BCUT2D eigenvalue weighted by molar-refractivity contribution is 5.76. The molecule has 0 aliphatic carbocycles. The number of likely N-dealkylation sites (N-methyl/N-ethyl adjacent to an activating group) is 1. The van der Waals surface area contributed by atoms with Crippen LogP contribution in [0, 0.1) is 0 Å². The van der Waals surface area contributed by atoms with Crippen LogP contribution in [-0.2, 0) is 9.53 Å². The number of carbonyl (C=O) groups excluding carboxylic acids is 1. The summed E-state index contributed by atoms with van der Waals surface area (Å²) in [5, 5.41) is 3.04. The Morgan fingerprint density at radius 3 is 2.15 bits per heavy atom. The smallest absolute Gasteiger partial charge is 0.326 e. The number of hydrogen-bond donors (Lipinski definition) is 1. The Morgan fingerprint density at radius 2 is 1.65 bits per heavy atom. The van der Waals surface area contributed by atoms with E-state index >= 15 is 0 Å². The summed E-state index contributed by atoms with van der Waals surface area (Å²) in [4.78, 5) is 11.7. The van der Waals surface area contributed by atoms with Crippen molar-refractivity contribution in [3.8, 4) is 11.5 Å². The Kier molecular flexibility index (Phi) is 7.50. The van der Waals surface area contributed by atoms with Crippen molar-refractivity contribution in [1.29, 1.82) is 0 Å². The minimum Gasteiger partial charge on any atom is -0.494 e. The van der Waals surface area contributed by atoms with Gasteiger partial charge in [-0.1, -0.05) is 6.92 Å². The summed E-state index contributed by atoms with van der Waals surface area (Å²) in [6.45, 7) is 7.56. The number of esters is 1. The van der Waals surface area contributed by atoms with Crippen LogP contribution in [0.2, 0.25) is 0 Å². The normalized spacial score (nSPS) is 11.8. The molecule has 112 valence electrons. The largest absolute Gasteiger partial charge is 0.494 e. The molecule has 5 heteroatoms. The number of rotatable bonds is 9. The van der Waals surface area contributed by atoms with Crippen LogP contribution in [-0.4, -0.2) is 38.4 Å². The molecule has 0 heterocycles. The molecular weight excluding hydrogens is 258 g/mol. The summed E-state index contributed by atoms with van der Waals surface area (Å²) in [5.74, 6) is 1.20. The summed E-state index contributed by atoms with van der Waals surface area (Å²) in [7, 11) is 0. The molecule has 0 bridgehead atoms. The molecule has 1 atom stereocenters. The van der Waals surface area contributed by atoms with Crippen LogP contribution in [0.15, 0.2) is 24.3 Å². The van der Waals surface area contributed by atoms with E-state index in [1.165, 1.54) is 0 Å². The zero-order valence-corrected chi connectivity index (χ0v) is 12.3. The van der Waals surface area contributed by atoms with Crippen molar-refractivity contribution in [2.24, 2.45) is 0 Å². The van der Waals surface area contributed by atoms with Gasteiger partial charge in [0, 0.05) is 0 Å². The lowest BCUT2D eigenvalue weighted by atomic mass is 10.3. The second-order valence-electron chi connectivity index (χ2n) is 4.08. The van der Waals surface area contributed by atoms with Gasteiger partial charge in [-0.25, -0.2) is 0 Å². The van der Waals surface area contributed by atoms with E-state index in [0.717, 1.165) is 5.75 Å². The van der Waals surface area contributed by atoms with Crippen LogP contribution < -0.4 is 14.8 Å². The maximum absolute atomic E-state index is 11.7. The van der Waals surface area contributed by atoms with E-state index in [2.05, 4.69) is 5.32 Å². The summed E-state index contributed by atoms with van der Waals surface area (Å²) in [6.07, 6.45) is 0. The average Bonchev–Trinajstić information content (AvgIpc) is 2.45. The van der Waals surface area contributed by atoms with Crippen LogP contribution in [0.25, 0.3) is 0 Å². The predicted molar refractivity (Wildman–Crippen MR) is 77.2 cm³/mol. The first-order valence-electron chi connectivity index (χ1n) is 6.96. The molecule has 5 nitrogen and oxygen atoms in total. The first-order valence-corrected chi connectivity index (χ1v) is 6.96. The predicted octanol–water partition coefficient (Wildman–Crippen LogP) is 2.01. The first kappa shape index (κ1) is 16.3. The zero-order chi connectivity index (χ0) is 14.8. The van der Waals surface area contributed by atoms with Gasteiger partial charge in [0.05, 0.1) is 13.2 Å². The molecule has 1 rings (SSSR count). The molecule has 0 radical (unpaired) electrons. The molecule has 1 aromatic rings. The molecule has 0 aliphatic heterocycles. The molecule has 0 spiro atoms. The van der Waals surface area contributed by atoms with Gasteiger partial charge in [0.2, 0.25) is 0 Å². The van der Waals surface area contributed by atoms with Crippen molar-refractivity contribution < 1.29 is 19.0 Å². The van der Waals surface area contributed by atoms with Gasteiger partial charge in [-0.05, 0) is 44.7 Å². The third-order valence-corrected chi connectivity index (χ3v) is 2.57. The molecule has 1 N–H and O–H groups in total. The fourth-order valence-corrected chi connectivity index (χ4v) is 1.68. The lowest BCUT2D eigenvalue weighted by Crippen LogP contribution is -2.42. The summed E-state index contributed by atoms with van der Waals surface area (Å²) in [6, 6.07) is 6.86. The van der Waals surface area contributed by atoms with E-state index in [-0.39, 0.29) is 12.6 Å². The maximum Gasteiger partial charge on any atom is 0.326 e. The second-order valence-corrected chi connectivity index (χ2v) is 4.08. The van der Waals surface area contributed by atoms with Crippen molar-refractivity contribution in [2.45, 2.75) is 26.8 Å². The third-order valence-electron chi connectivity index (χ3n) is 2.57. The first-order chi connectivity index (χ1) is 9.71. The highest BCUT2D eigenvalue weighted by Gasteiger charge is 2.19. The van der Waals surface area contributed by atoms with E-state index in [9.17, 15) is 4.79 Å². The molecule has 0 amide bonds. The summed E-state index contributed by atoms with van der Waals surface area (Å²) in [5.41, 5.74) is 0. The highest BCUT2D eigenvalue weighted by Crippen LogP contribution is 2.17. The molecular formula is C15H23NO4. The van der Waals surface area contributed by atoms with Crippen LogP contribution in [0.5, 0.6) is 11.5 Å². The van der Waals surface area contributed by atoms with Gasteiger partial charge in [0.1, 0.15) is 24.1 Å². The summed E-state index contributed by atoms with van der Waals surface area (Å²) >= 11 is 0. The minimum atomic E-state index is -0.452. The molecule has 1 unspecified atom stereocenters. The van der Waals surface area contributed by atoms with Crippen molar-refractivity contribution in [2.75, 3.05) is 26.4 Å². The van der Waals surface area contributed by atoms with E-state index in [1.807, 2.05) is 38.1 Å². The topological polar surface area (TPSA) is 56.8 Å². The third kappa shape index (κ3) is 5.48. The monoisotopic (exact) mass is 281 g/mol. The molecule has 0 aliphatic rings. The number of nitrogens with one attached hydrogen (secondary N) is 1. The van der Waals surface area contributed by atoms with Gasteiger partial charge in [0.25, 0.3) is 0 Å². The van der Waals surface area contributed by atoms with Gasteiger partial charge >= 0.3 is 5.97 Å². The standard InChI is InChI=1S/C15H23NO4/c1-4-16-14(15(17)19-6-3)11-20-13-9-7-12(8-10-13)18-5-2/h7-10,14,16H,4-6,11H2,1-3H3. The van der Waals surface area contributed by atoms with Gasteiger partial charge in [0.15, 0.2) is 0 Å². The minimum absolute atomic E-state index is 0.237. The summed E-state index contributed by atoms with van der Waals surface area (Å²) < 4.78 is 16.0. The van der Waals surface area contributed by atoms with Gasteiger partial charge in [-0.2, -0.15) is 0 Å². The highest BCUT2D eigenvalue weighted by atomic mass is 16.5. The van der Waals surface area contributed by atoms with Crippen LogP contribution in [0.3, 0.4) is 0 Å². The Hall–Kier alpha value is -1.75. The fraction of sp³-hybridized carbons (Fsp3) is 0.533. The van der Waals surface area contributed by atoms with E-state index in [0.29, 0.717) is 25.5 Å². The van der Waals surface area contributed by atoms with Crippen molar-refractivity contribution >= 4 is 5.97 Å². The number of carbonyl (C=O) groups is 1. The lowest BCUT2D eigenvalue weighted by Gasteiger charge is -2.17. The van der Waals surface area contributed by atoms with Crippen LogP contribution >= 0.6 is 0 Å². The Labute approximate surface area is 120 Å². The van der Waals surface area contributed by atoms with Crippen LogP contribution in [0.4, 0.5) is 0 Å². The average molecular weight is 281 g/mol. The van der Waals surface area contributed by atoms with Crippen molar-refractivity contribution in [3.63, 3.8) is 0 Å². The van der Waals surface area contributed by atoms with E-state index < -0.39 is 6.04 Å².